The van der Waals surface area contributed by atoms with Crippen molar-refractivity contribution in [2.45, 2.75) is 39.7 Å². The third-order valence-corrected chi connectivity index (χ3v) is 4.03. The Kier molecular flexibility index (Phi) is 4.55. The number of fused-ring (bicyclic) bond motifs is 1. The van der Waals surface area contributed by atoms with Gasteiger partial charge in [-0.1, -0.05) is 0 Å². The molecule has 0 fully saturated rings. The Balaban J connectivity index is 2.04. The fraction of sp³-hybridized carbons (Fsp3) is 0.389. The van der Waals surface area contributed by atoms with Gasteiger partial charge in [-0.3, -0.25) is 4.98 Å². The van der Waals surface area contributed by atoms with Crippen LogP contribution in [0.1, 0.15) is 42.4 Å². The highest BCUT2D eigenvalue weighted by atomic mass is 16.5. The van der Waals surface area contributed by atoms with Gasteiger partial charge < -0.3 is 9.30 Å². The zero-order valence-corrected chi connectivity index (χ0v) is 13.6. The van der Waals surface area contributed by atoms with Gasteiger partial charge in [0.2, 0.25) is 0 Å². The molecule has 0 radical (unpaired) electrons. The predicted molar refractivity (Wildman–Crippen MR) is 88.6 cm³/mol. The first kappa shape index (κ1) is 15.5. The van der Waals surface area contributed by atoms with Gasteiger partial charge in [-0.15, -0.1) is 0 Å². The van der Waals surface area contributed by atoms with Crippen LogP contribution in [-0.2, 0) is 22.5 Å². The highest BCUT2D eigenvalue weighted by Crippen LogP contribution is 2.24. The molecule has 23 heavy (non-hydrogen) atoms. The van der Waals surface area contributed by atoms with Crippen LogP contribution in [-0.4, -0.2) is 27.1 Å². The molecular weight excluding hydrogens is 290 g/mol. The van der Waals surface area contributed by atoms with E-state index >= 15 is 0 Å². The van der Waals surface area contributed by atoms with E-state index in [0.717, 1.165) is 36.3 Å². The van der Waals surface area contributed by atoms with Crippen LogP contribution in [0.15, 0.2) is 24.7 Å². The highest BCUT2D eigenvalue weighted by molar-refractivity contribution is 6.21. The lowest BCUT2D eigenvalue weighted by atomic mass is 10.0. The average molecular weight is 311 g/mol. The molecule has 1 aliphatic heterocycles. The third kappa shape index (κ3) is 3.33. The van der Waals surface area contributed by atoms with Gasteiger partial charge in [0.15, 0.2) is 0 Å². The largest absolute Gasteiger partial charge is 0.462 e. The van der Waals surface area contributed by atoms with E-state index in [1.54, 1.807) is 6.20 Å². The minimum absolute atomic E-state index is 0.323. The van der Waals surface area contributed by atoms with Gasteiger partial charge in [0.25, 0.3) is 0 Å². The van der Waals surface area contributed by atoms with Crippen LogP contribution < -0.4 is 0 Å². The van der Waals surface area contributed by atoms with Crippen molar-refractivity contribution in [2.75, 3.05) is 6.61 Å². The number of aromatic nitrogens is 3. The van der Waals surface area contributed by atoms with Crippen LogP contribution >= 0.6 is 0 Å². The van der Waals surface area contributed by atoms with Crippen LogP contribution in [0.25, 0.3) is 11.6 Å². The molecule has 0 N–H and O–H groups in total. The van der Waals surface area contributed by atoms with Crippen molar-refractivity contribution in [3.63, 3.8) is 0 Å². The number of pyridine rings is 1. The Hall–Kier alpha value is -2.43. The van der Waals surface area contributed by atoms with E-state index in [1.807, 2.05) is 38.4 Å². The molecule has 120 valence electrons. The van der Waals surface area contributed by atoms with Crippen molar-refractivity contribution in [3.8, 4) is 0 Å². The maximum absolute atomic E-state index is 12.4. The molecule has 0 amide bonds. The van der Waals surface area contributed by atoms with Gasteiger partial charge >= 0.3 is 5.97 Å². The van der Waals surface area contributed by atoms with Gasteiger partial charge in [-0.2, -0.15) is 0 Å². The number of rotatable bonds is 4. The van der Waals surface area contributed by atoms with E-state index in [2.05, 4.69) is 14.5 Å². The number of esters is 1. The number of aryl methyl sites for hydroxylation is 2. The van der Waals surface area contributed by atoms with Crippen LogP contribution in [0.4, 0.5) is 0 Å². The first-order chi connectivity index (χ1) is 11.2. The van der Waals surface area contributed by atoms with Gasteiger partial charge in [0.1, 0.15) is 0 Å². The molecule has 5 nitrogen and oxygen atoms in total. The molecule has 0 bridgehead atoms. The Morgan fingerprint density at radius 3 is 3.04 bits per heavy atom. The molecule has 3 heterocycles. The van der Waals surface area contributed by atoms with Crippen molar-refractivity contribution < 1.29 is 9.53 Å². The summed E-state index contributed by atoms with van der Waals surface area (Å²) in [7, 11) is 0. The monoisotopic (exact) mass is 311 g/mol. The van der Waals surface area contributed by atoms with Crippen LogP contribution in [0.5, 0.6) is 0 Å². The Labute approximate surface area is 136 Å². The summed E-state index contributed by atoms with van der Waals surface area (Å²) < 4.78 is 7.41. The number of imidazole rings is 1. The van der Waals surface area contributed by atoms with E-state index in [1.165, 1.54) is 12.1 Å². The topological polar surface area (TPSA) is 57.0 Å². The molecule has 0 saturated heterocycles. The molecule has 0 atom stereocenters. The van der Waals surface area contributed by atoms with E-state index in [-0.39, 0.29) is 5.97 Å². The summed E-state index contributed by atoms with van der Waals surface area (Å²) in [6.07, 6.45) is 8.76. The lowest BCUT2D eigenvalue weighted by Crippen LogP contribution is -2.10. The van der Waals surface area contributed by atoms with E-state index in [0.29, 0.717) is 12.2 Å². The SMILES string of the molecule is CCOC(=O)/C(=C\c1ncn2c1CCCC2)c1ccnc(C)c1. The number of carbonyl (C=O) groups is 1. The minimum atomic E-state index is -0.323. The second kappa shape index (κ2) is 6.77. The number of nitrogens with zero attached hydrogens (tertiary/aromatic N) is 3. The van der Waals surface area contributed by atoms with E-state index < -0.39 is 0 Å². The van der Waals surface area contributed by atoms with Crippen LogP contribution in [0.2, 0.25) is 0 Å². The second-order valence-electron chi connectivity index (χ2n) is 5.69. The van der Waals surface area contributed by atoms with Crippen molar-refractivity contribution in [3.05, 3.63) is 47.3 Å². The summed E-state index contributed by atoms with van der Waals surface area (Å²) in [5.74, 6) is -0.323. The predicted octanol–water partition coefficient (Wildman–Crippen LogP) is 3.03. The summed E-state index contributed by atoms with van der Waals surface area (Å²) in [6.45, 7) is 5.07. The first-order valence-corrected chi connectivity index (χ1v) is 8.05. The molecule has 0 aliphatic carbocycles. The quantitative estimate of drug-likeness (QED) is 0.643. The average Bonchev–Trinajstić information content (AvgIpc) is 2.96. The van der Waals surface area contributed by atoms with Crippen LogP contribution in [0.3, 0.4) is 0 Å². The molecule has 5 heteroatoms. The smallest absolute Gasteiger partial charge is 0.338 e. The van der Waals surface area contributed by atoms with Crippen LogP contribution in [0, 0.1) is 6.92 Å². The molecule has 3 rings (SSSR count). The molecule has 0 unspecified atom stereocenters. The van der Waals surface area contributed by atoms with Gasteiger partial charge in [-0.05, 0) is 56.9 Å². The molecule has 0 saturated carbocycles. The summed E-state index contributed by atoms with van der Waals surface area (Å²) >= 11 is 0. The normalized spacial score (nSPS) is 14.4. The molecule has 2 aromatic heterocycles. The molecule has 0 spiro atoms. The summed E-state index contributed by atoms with van der Waals surface area (Å²) in [5, 5.41) is 0. The Morgan fingerprint density at radius 1 is 1.39 bits per heavy atom. The lowest BCUT2D eigenvalue weighted by Gasteiger charge is -2.14. The number of carbonyl (C=O) groups excluding carboxylic acids is 1. The summed E-state index contributed by atoms with van der Waals surface area (Å²) in [5.41, 5.74) is 4.27. The number of hydrogen-bond acceptors (Lipinski definition) is 4. The summed E-state index contributed by atoms with van der Waals surface area (Å²) in [4.78, 5) is 21.1. The standard InChI is InChI=1S/C18H21N3O2/c1-3-23-18(22)15(14-7-8-19-13(2)10-14)11-16-17-6-4-5-9-21(17)12-20-16/h7-8,10-12H,3-6,9H2,1-2H3/b15-11-. The van der Waals surface area contributed by atoms with Crippen molar-refractivity contribution in [1.82, 2.24) is 14.5 Å². The zero-order valence-electron chi connectivity index (χ0n) is 13.6. The van der Waals surface area contributed by atoms with Gasteiger partial charge in [0.05, 0.1) is 24.2 Å². The zero-order chi connectivity index (χ0) is 16.2. The van der Waals surface area contributed by atoms with E-state index in [9.17, 15) is 4.79 Å². The fourth-order valence-corrected chi connectivity index (χ4v) is 2.90. The minimum Gasteiger partial charge on any atom is -0.462 e. The van der Waals surface area contributed by atoms with Crippen molar-refractivity contribution in [1.29, 1.82) is 0 Å². The molecule has 2 aromatic rings. The second-order valence-corrected chi connectivity index (χ2v) is 5.69. The first-order valence-electron chi connectivity index (χ1n) is 8.05. The number of ether oxygens (including phenoxy) is 1. The maximum atomic E-state index is 12.4. The highest BCUT2D eigenvalue weighted by Gasteiger charge is 2.18. The van der Waals surface area contributed by atoms with E-state index in [4.69, 9.17) is 4.74 Å². The maximum Gasteiger partial charge on any atom is 0.338 e. The third-order valence-electron chi connectivity index (χ3n) is 4.03. The molecule has 0 aromatic carbocycles. The lowest BCUT2D eigenvalue weighted by molar-refractivity contribution is -0.136. The van der Waals surface area contributed by atoms with Gasteiger partial charge in [0, 0.05) is 24.1 Å². The molecule has 1 aliphatic rings. The Bertz CT molecular complexity index is 746. The Morgan fingerprint density at radius 2 is 2.26 bits per heavy atom. The fourth-order valence-electron chi connectivity index (χ4n) is 2.90. The number of hydrogen-bond donors (Lipinski definition) is 0. The van der Waals surface area contributed by atoms with Crippen molar-refractivity contribution >= 4 is 17.6 Å². The molecular formula is C18H21N3O2. The van der Waals surface area contributed by atoms with Crippen molar-refractivity contribution in [2.24, 2.45) is 0 Å². The van der Waals surface area contributed by atoms with Gasteiger partial charge in [-0.25, -0.2) is 9.78 Å². The summed E-state index contributed by atoms with van der Waals surface area (Å²) in [6, 6.07) is 3.73.